The third-order valence-corrected chi connectivity index (χ3v) is 5.78. The minimum Gasteiger partial charge on any atom is -0.380 e. The van der Waals surface area contributed by atoms with Crippen LogP contribution in [0.1, 0.15) is 21.5 Å². The number of thiophene rings is 1. The van der Waals surface area contributed by atoms with Crippen LogP contribution in [-0.4, -0.2) is 34.9 Å². The number of hydrogen-bond acceptors (Lipinski definition) is 7. The molecule has 7 nitrogen and oxygen atoms in total. The molecule has 0 bridgehead atoms. The first-order valence-electron chi connectivity index (χ1n) is 9.85. The monoisotopic (exact) mass is 432 g/mol. The number of nitrogens with zero attached hydrogens (tertiary/aromatic N) is 3. The van der Waals surface area contributed by atoms with Crippen molar-refractivity contribution in [1.29, 1.82) is 0 Å². The molecule has 0 fully saturated rings. The summed E-state index contributed by atoms with van der Waals surface area (Å²) in [5, 5.41) is 9.82. The highest BCUT2D eigenvalue weighted by Crippen LogP contribution is 2.27. The molecule has 31 heavy (non-hydrogen) atoms. The van der Waals surface area contributed by atoms with Gasteiger partial charge >= 0.3 is 0 Å². The predicted octanol–water partition coefficient (Wildman–Crippen LogP) is 4.21. The fourth-order valence-electron chi connectivity index (χ4n) is 3.34. The average Bonchev–Trinajstić information content (AvgIpc) is 3.23. The zero-order valence-corrected chi connectivity index (χ0v) is 18.2. The Kier molecular flexibility index (Phi) is 6.11. The first-order chi connectivity index (χ1) is 15.0. The van der Waals surface area contributed by atoms with Crippen LogP contribution in [0, 0.1) is 0 Å². The molecule has 0 aliphatic rings. The molecule has 0 radical (unpaired) electrons. The Labute approximate surface area is 184 Å². The van der Waals surface area contributed by atoms with Gasteiger partial charge in [0.1, 0.15) is 11.6 Å². The summed E-state index contributed by atoms with van der Waals surface area (Å²) in [6, 6.07) is 14.0. The van der Waals surface area contributed by atoms with E-state index in [0.717, 1.165) is 17.7 Å². The highest BCUT2D eigenvalue weighted by atomic mass is 32.1. The van der Waals surface area contributed by atoms with Gasteiger partial charge in [0.25, 0.3) is 5.91 Å². The first kappa shape index (κ1) is 20.8. The van der Waals surface area contributed by atoms with E-state index in [1.807, 2.05) is 38.5 Å². The summed E-state index contributed by atoms with van der Waals surface area (Å²) < 4.78 is 1.23. The van der Waals surface area contributed by atoms with Crippen LogP contribution in [0.15, 0.2) is 60.2 Å². The molecule has 0 spiro atoms. The molecule has 0 saturated heterocycles. The molecular formula is C23H24N6OS. The van der Waals surface area contributed by atoms with Gasteiger partial charge in [-0.3, -0.25) is 4.79 Å². The van der Waals surface area contributed by atoms with Gasteiger partial charge in [0, 0.05) is 36.2 Å². The number of rotatable bonds is 8. The fraction of sp³-hybridized carbons (Fsp3) is 0.174. The lowest BCUT2D eigenvalue weighted by Gasteiger charge is -2.13. The van der Waals surface area contributed by atoms with Crippen LogP contribution in [-0.2, 0) is 13.1 Å². The summed E-state index contributed by atoms with van der Waals surface area (Å²) in [5.74, 6) is 0.730. The van der Waals surface area contributed by atoms with Crippen LogP contribution in [0.3, 0.4) is 0 Å². The van der Waals surface area contributed by atoms with E-state index in [-0.39, 0.29) is 0 Å². The summed E-state index contributed by atoms with van der Waals surface area (Å²) in [5.41, 5.74) is 8.82. The second kappa shape index (κ2) is 9.11. The van der Waals surface area contributed by atoms with Crippen LogP contribution in [0.5, 0.6) is 0 Å². The first-order valence-corrected chi connectivity index (χ1v) is 10.7. The number of fused-ring (bicyclic) bond motifs is 1. The number of nitrogens with two attached hydrogens (primary N) is 1. The quantitative estimate of drug-likeness (QED) is 0.386. The Morgan fingerprint density at radius 1 is 1.10 bits per heavy atom. The number of aromatic nitrogens is 2. The number of amides is 1. The smallest absolute Gasteiger partial charge is 0.252 e. The van der Waals surface area contributed by atoms with E-state index in [0.29, 0.717) is 29.4 Å². The van der Waals surface area contributed by atoms with Crippen molar-refractivity contribution >= 4 is 44.7 Å². The maximum atomic E-state index is 11.9. The number of benzene rings is 1. The van der Waals surface area contributed by atoms with Gasteiger partial charge in [-0.1, -0.05) is 24.3 Å². The van der Waals surface area contributed by atoms with Crippen molar-refractivity contribution in [2.45, 2.75) is 13.1 Å². The molecule has 0 unspecified atom stereocenters. The van der Waals surface area contributed by atoms with Gasteiger partial charge < -0.3 is 21.3 Å². The van der Waals surface area contributed by atoms with Crippen molar-refractivity contribution in [3.8, 4) is 0 Å². The van der Waals surface area contributed by atoms with E-state index in [2.05, 4.69) is 49.1 Å². The lowest BCUT2D eigenvalue weighted by Crippen LogP contribution is -2.15. The number of anilines is 3. The molecule has 4 aromatic rings. The fourth-order valence-corrected chi connectivity index (χ4v) is 4.25. The Hall–Kier alpha value is -3.49. The van der Waals surface area contributed by atoms with Crippen molar-refractivity contribution in [1.82, 2.24) is 14.9 Å². The molecule has 8 heteroatoms. The molecule has 1 amide bonds. The highest BCUT2D eigenvalue weighted by Gasteiger charge is 2.12. The third kappa shape index (κ3) is 4.99. The van der Waals surface area contributed by atoms with Gasteiger partial charge in [-0.15, -0.1) is 11.3 Å². The normalized spacial score (nSPS) is 11.1. The van der Waals surface area contributed by atoms with Crippen LogP contribution >= 0.6 is 11.3 Å². The van der Waals surface area contributed by atoms with E-state index in [1.165, 1.54) is 16.3 Å². The van der Waals surface area contributed by atoms with Gasteiger partial charge in [0.15, 0.2) is 0 Å². The molecule has 1 aromatic carbocycles. The summed E-state index contributed by atoms with van der Waals surface area (Å²) in [6.07, 6.45) is 3.32. The lowest BCUT2D eigenvalue weighted by atomic mass is 10.1. The van der Waals surface area contributed by atoms with E-state index < -0.39 is 5.91 Å². The van der Waals surface area contributed by atoms with Gasteiger partial charge in [-0.25, -0.2) is 9.97 Å². The molecule has 0 atom stereocenters. The number of pyridine rings is 2. The van der Waals surface area contributed by atoms with Crippen LogP contribution < -0.4 is 16.4 Å². The molecule has 0 aliphatic heterocycles. The number of nitrogens with one attached hydrogen (secondary N) is 2. The van der Waals surface area contributed by atoms with Crippen molar-refractivity contribution in [3.05, 3.63) is 76.9 Å². The summed E-state index contributed by atoms with van der Waals surface area (Å²) in [6.45, 7) is 1.39. The lowest BCUT2D eigenvalue weighted by molar-refractivity contribution is 0.100. The molecule has 3 aromatic heterocycles. The minimum absolute atomic E-state index is 0.346. The Balaban J connectivity index is 1.53. The van der Waals surface area contributed by atoms with Gasteiger partial charge in [-0.2, -0.15) is 0 Å². The zero-order chi connectivity index (χ0) is 21.8. The maximum absolute atomic E-state index is 11.9. The maximum Gasteiger partial charge on any atom is 0.252 e. The van der Waals surface area contributed by atoms with Crippen LogP contribution in [0.4, 0.5) is 17.3 Å². The van der Waals surface area contributed by atoms with E-state index >= 15 is 0 Å². The number of primary amides is 1. The van der Waals surface area contributed by atoms with Crippen molar-refractivity contribution in [2.75, 3.05) is 24.7 Å². The van der Waals surface area contributed by atoms with E-state index in [1.54, 1.807) is 17.4 Å². The summed E-state index contributed by atoms with van der Waals surface area (Å²) in [7, 11) is 4.04. The molecule has 4 rings (SSSR count). The standard InChI is InChI=1S/C23H24N6OS/c1-29(2)14-15-6-7-20(26-11-15)28-21-10-19(18(13-27-21)23(24)30)25-12-17-5-3-4-16-8-9-31-22(16)17/h3-11,13H,12,14H2,1-2H3,(H2,24,30)(H2,25,26,27,28). The second-order valence-electron chi connectivity index (χ2n) is 7.50. The molecule has 4 N–H and O–H groups in total. The highest BCUT2D eigenvalue weighted by molar-refractivity contribution is 7.17. The van der Waals surface area contributed by atoms with E-state index in [9.17, 15) is 4.79 Å². The minimum atomic E-state index is -0.526. The number of carbonyl (C=O) groups excluding carboxylic acids is 1. The molecule has 158 valence electrons. The summed E-state index contributed by atoms with van der Waals surface area (Å²) >= 11 is 1.70. The zero-order valence-electron chi connectivity index (χ0n) is 17.4. The SMILES string of the molecule is CN(C)Cc1ccc(Nc2cc(NCc3cccc4ccsc34)c(C(N)=O)cn2)nc1. The van der Waals surface area contributed by atoms with E-state index in [4.69, 9.17) is 5.73 Å². The van der Waals surface area contributed by atoms with Gasteiger partial charge in [0.2, 0.25) is 0 Å². The topological polar surface area (TPSA) is 96.2 Å². The number of carbonyl (C=O) groups is 1. The predicted molar refractivity (Wildman–Crippen MR) is 127 cm³/mol. The van der Waals surface area contributed by atoms with Crippen LogP contribution in [0.2, 0.25) is 0 Å². The third-order valence-electron chi connectivity index (χ3n) is 4.78. The van der Waals surface area contributed by atoms with Crippen molar-refractivity contribution in [3.63, 3.8) is 0 Å². The molecule has 0 aliphatic carbocycles. The Bertz CT molecular complexity index is 1200. The molecular weight excluding hydrogens is 408 g/mol. The van der Waals surface area contributed by atoms with Gasteiger partial charge in [0.05, 0.1) is 11.3 Å². The number of hydrogen-bond donors (Lipinski definition) is 3. The largest absolute Gasteiger partial charge is 0.380 e. The van der Waals surface area contributed by atoms with Crippen molar-refractivity contribution in [2.24, 2.45) is 5.73 Å². The average molecular weight is 433 g/mol. The molecule has 0 saturated carbocycles. The Morgan fingerprint density at radius 3 is 2.68 bits per heavy atom. The van der Waals surface area contributed by atoms with Crippen LogP contribution in [0.25, 0.3) is 10.1 Å². The van der Waals surface area contributed by atoms with Crippen molar-refractivity contribution < 1.29 is 4.79 Å². The Morgan fingerprint density at radius 2 is 1.94 bits per heavy atom. The second-order valence-corrected chi connectivity index (χ2v) is 8.42. The van der Waals surface area contributed by atoms with Gasteiger partial charge in [-0.05, 0) is 48.1 Å². The molecule has 3 heterocycles. The summed E-state index contributed by atoms with van der Waals surface area (Å²) in [4.78, 5) is 22.8.